The fraction of sp³-hybridized carbons (Fsp3) is 0.323. The zero-order valence-electron chi connectivity index (χ0n) is 22.6. The van der Waals surface area contributed by atoms with Crippen molar-refractivity contribution in [2.45, 2.75) is 64.9 Å². The van der Waals surface area contributed by atoms with E-state index in [4.69, 9.17) is 14.2 Å². The predicted octanol–water partition coefficient (Wildman–Crippen LogP) is 6.46. The van der Waals surface area contributed by atoms with Crippen LogP contribution in [0.2, 0.25) is 0 Å². The minimum absolute atomic E-state index is 0.0987. The molecule has 1 aromatic heterocycles. The van der Waals surface area contributed by atoms with Gasteiger partial charge in [-0.2, -0.15) is 0 Å². The molecule has 1 N–H and O–H groups in total. The highest BCUT2D eigenvalue weighted by atomic mass is 32.1. The second-order valence-corrected chi connectivity index (χ2v) is 11.1. The van der Waals surface area contributed by atoms with Gasteiger partial charge in [-0.3, -0.25) is 4.79 Å². The molecule has 0 saturated heterocycles. The Kier molecular flexibility index (Phi) is 11.3. The van der Waals surface area contributed by atoms with Crippen LogP contribution in [-0.4, -0.2) is 29.7 Å². The van der Waals surface area contributed by atoms with E-state index in [2.05, 4.69) is 5.32 Å². The largest absolute Gasteiger partial charge is 0.461 e. The van der Waals surface area contributed by atoms with Crippen LogP contribution < -0.4 is 5.32 Å². The Balaban J connectivity index is 1.50. The zero-order chi connectivity index (χ0) is 28.1. The van der Waals surface area contributed by atoms with Gasteiger partial charge in [0.2, 0.25) is 0 Å². The summed E-state index contributed by atoms with van der Waals surface area (Å²) in [5, 5.41) is 2.66. The lowest BCUT2D eigenvalue weighted by Crippen LogP contribution is -2.45. The molecule has 0 aliphatic heterocycles. The van der Waals surface area contributed by atoms with E-state index in [1.54, 1.807) is 20.8 Å². The standard InChI is InChI=1S/C31H35NO6S/c1-31(2,3)38-29(34)27(32-30(35)37-22-24-14-8-5-9-15-24)20-26-19-18-25(39-26)16-10-11-17-28(33)36-21-23-12-6-4-7-13-23/h4-10,12-16,18-19,27H,11,17,20-22H2,1-3H3,(H,32,35)/b16-10+/t27-/m0/s1. The van der Waals surface area contributed by atoms with Crippen molar-refractivity contribution in [3.63, 3.8) is 0 Å². The van der Waals surface area contributed by atoms with Crippen LogP contribution in [-0.2, 0) is 43.4 Å². The van der Waals surface area contributed by atoms with Crippen molar-refractivity contribution in [2.24, 2.45) is 0 Å². The minimum atomic E-state index is -0.901. The lowest BCUT2D eigenvalue weighted by Gasteiger charge is -2.24. The highest BCUT2D eigenvalue weighted by Crippen LogP contribution is 2.21. The Bertz CT molecular complexity index is 1230. The Labute approximate surface area is 233 Å². The number of hydrogen-bond acceptors (Lipinski definition) is 7. The molecule has 7 nitrogen and oxygen atoms in total. The topological polar surface area (TPSA) is 90.9 Å². The molecule has 0 radical (unpaired) electrons. The van der Waals surface area contributed by atoms with Crippen molar-refractivity contribution in [3.8, 4) is 0 Å². The molecule has 0 unspecified atom stereocenters. The van der Waals surface area contributed by atoms with Gasteiger partial charge in [0.25, 0.3) is 0 Å². The van der Waals surface area contributed by atoms with Gasteiger partial charge in [0, 0.05) is 22.6 Å². The third-order valence-electron chi connectivity index (χ3n) is 5.32. The van der Waals surface area contributed by atoms with Crippen LogP contribution in [0.1, 0.15) is 54.5 Å². The first kappa shape index (κ1) is 29.6. The van der Waals surface area contributed by atoms with Crippen molar-refractivity contribution in [1.82, 2.24) is 5.32 Å². The molecular weight excluding hydrogens is 514 g/mol. The van der Waals surface area contributed by atoms with Crippen LogP contribution in [0.4, 0.5) is 4.79 Å². The number of esters is 2. The summed E-state index contributed by atoms with van der Waals surface area (Å²) < 4.78 is 16.1. The Morgan fingerprint density at radius 3 is 2.10 bits per heavy atom. The summed E-state index contributed by atoms with van der Waals surface area (Å²) in [4.78, 5) is 39.2. The van der Waals surface area contributed by atoms with E-state index < -0.39 is 23.7 Å². The third kappa shape index (κ3) is 11.6. The first-order valence-corrected chi connectivity index (χ1v) is 13.6. The minimum Gasteiger partial charge on any atom is -0.461 e. The molecular formula is C31H35NO6S. The van der Waals surface area contributed by atoms with E-state index in [0.717, 1.165) is 20.9 Å². The van der Waals surface area contributed by atoms with Gasteiger partial charge in [-0.1, -0.05) is 66.7 Å². The summed E-state index contributed by atoms with van der Waals surface area (Å²) >= 11 is 1.50. The second-order valence-electron chi connectivity index (χ2n) is 9.89. The molecule has 1 heterocycles. The monoisotopic (exact) mass is 549 g/mol. The average Bonchev–Trinajstić information content (AvgIpc) is 3.36. The van der Waals surface area contributed by atoms with Crippen LogP contribution in [0.25, 0.3) is 6.08 Å². The maximum atomic E-state index is 12.9. The third-order valence-corrected chi connectivity index (χ3v) is 6.40. The number of alkyl carbamates (subject to hydrolysis) is 1. The summed E-state index contributed by atoms with van der Waals surface area (Å²) in [6.45, 7) is 5.70. The van der Waals surface area contributed by atoms with E-state index in [-0.39, 0.29) is 32.0 Å². The first-order chi connectivity index (χ1) is 18.7. The number of carbonyl (C=O) groups is 3. The molecule has 206 valence electrons. The number of thiophene rings is 1. The molecule has 0 aliphatic carbocycles. The van der Waals surface area contributed by atoms with Gasteiger partial charge in [0.1, 0.15) is 24.9 Å². The molecule has 0 fully saturated rings. The number of allylic oxidation sites excluding steroid dienone is 1. The maximum absolute atomic E-state index is 12.9. The van der Waals surface area contributed by atoms with Crippen LogP contribution in [0, 0.1) is 0 Å². The molecule has 0 spiro atoms. The van der Waals surface area contributed by atoms with E-state index in [1.807, 2.05) is 84.9 Å². The number of nitrogens with one attached hydrogen (secondary N) is 1. The second kappa shape index (κ2) is 14.9. The highest BCUT2D eigenvalue weighted by molar-refractivity contribution is 7.12. The molecule has 3 rings (SSSR count). The molecule has 0 aliphatic rings. The maximum Gasteiger partial charge on any atom is 0.408 e. The molecule has 39 heavy (non-hydrogen) atoms. The molecule has 1 atom stereocenters. The van der Waals surface area contributed by atoms with Gasteiger partial charge in [-0.15, -0.1) is 11.3 Å². The van der Waals surface area contributed by atoms with E-state index in [0.29, 0.717) is 6.42 Å². The quantitative estimate of drug-likeness (QED) is 0.206. The molecule has 1 amide bonds. The van der Waals surface area contributed by atoms with Gasteiger partial charge in [-0.05, 0) is 56.5 Å². The highest BCUT2D eigenvalue weighted by Gasteiger charge is 2.28. The lowest BCUT2D eigenvalue weighted by atomic mass is 10.1. The fourth-order valence-corrected chi connectivity index (χ4v) is 4.47. The van der Waals surface area contributed by atoms with Gasteiger partial charge >= 0.3 is 18.0 Å². The lowest BCUT2D eigenvalue weighted by molar-refractivity contribution is -0.157. The Morgan fingerprint density at radius 1 is 0.872 bits per heavy atom. The number of carbonyl (C=O) groups excluding carboxylic acids is 3. The molecule has 0 saturated carbocycles. The van der Waals surface area contributed by atoms with Crippen molar-refractivity contribution in [1.29, 1.82) is 0 Å². The normalized spacial score (nSPS) is 12.1. The van der Waals surface area contributed by atoms with Gasteiger partial charge in [0.05, 0.1) is 0 Å². The van der Waals surface area contributed by atoms with Gasteiger partial charge in [0.15, 0.2) is 0 Å². The van der Waals surface area contributed by atoms with Crippen molar-refractivity contribution >= 4 is 35.4 Å². The van der Waals surface area contributed by atoms with Crippen molar-refractivity contribution in [2.75, 3.05) is 0 Å². The van der Waals surface area contributed by atoms with Crippen molar-refractivity contribution < 1.29 is 28.6 Å². The van der Waals surface area contributed by atoms with Gasteiger partial charge in [-0.25, -0.2) is 9.59 Å². The summed E-state index contributed by atoms with van der Waals surface area (Å²) in [6, 6.07) is 21.8. The fourth-order valence-electron chi connectivity index (χ4n) is 3.48. The summed E-state index contributed by atoms with van der Waals surface area (Å²) in [5.41, 5.74) is 1.10. The number of hydrogen-bond donors (Lipinski definition) is 1. The number of benzene rings is 2. The first-order valence-electron chi connectivity index (χ1n) is 12.8. The smallest absolute Gasteiger partial charge is 0.408 e. The molecule has 2 aromatic carbocycles. The average molecular weight is 550 g/mol. The van der Waals surface area contributed by atoms with E-state index in [9.17, 15) is 14.4 Å². The van der Waals surface area contributed by atoms with Crippen molar-refractivity contribution in [3.05, 3.63) is 99.8 Å². The molecule has 0 bridgehead atoms. The van der Waals surface area contributed by atoms with E-state index >= 15 is 0 Å². The summed E-state index contributed by atoms with van der Waals surface area (Å²) in [6.07, 6.45) is 4.27. The zero-order valence-corrected chi connectivity index (χ0v) is 23.4. The predicted molar refractivity (Wildman–Crippen MR) is 152 cm³/mol. The summed E-state index contributed by atoms with van der Waals surface area (Å²) in [7, 11) is 0. The SMILES string of the molecule is CC(C)(C)OC(=O)[C@H](Cc1ccc(/C=C/CCC(=O)OCc2ccccc2)s1)NC(=O)OCc1ccccc1. The number of ether oxygens (including phenoxy) is 3. The Hall–Kier alpha value is -3.91. The Morgan fingerprint density at radius 2 is 1.49 bits per heavy atom. The van der Waals surface area contributed by atoms with Crippen LogP contribution >= 0.6 is 11.3 Å². The van der Waals surface area contributed by atoms with Gasteiger partial charge < -0.3 is 19.5 Å². The summed E-state index contributed by atoms with van der Waals surface area (Å²) in [5.74, 6) is -0.778. The number of amides is 1. The molecule has 3 aromatic rings. The molecule has 8 heteroatoms. The number of rotatable bonds is 12. The van der Waals surface area contributed by atoms with E-state index in [1.165, 1.54) is 11.3 Å². The van der Waals surface area contributed by atoms with Crippen LogP contribution in [0.5, 0.6) is 0 Å². The van der Waals surface area contributed by atoms with Crippen LogP contribution in [0.15, 0.2) is 78.9 Å². The van der Waals surface area contributed by atoms with Crippen LogP contribution in [0.3, 0.4) is 0 Å².